The minimum atomic E-state index is -4.55. The highest BCUT2D eigenvalue weighted by Crippen LogP contribution is 2.14. The van der Waals surface area contributed by atoms with Gasteiger partial charge in [0.2, 0.25) is 0 Å². The molecule has 0 spiro atoms. The molecule has 0 fully saturated rings. The summed E-state index contributed by atoms with van der Waals surface area (Å²) in [5.74, 6) is -4.54. The van der Waals surface area contributed by atoms with E-state index >= 15 is 0 Å². The number of hydrazine groups is 1. The third-order valence-corrected chi connectivity index (χ3v) is 3.37. The van der Waals surface area contributed by atoms with Crippen LogP contribution in [0.2, 0.25) is 0 Å². The zero-order chi connectivity index (χ0) is 16.2. The molecular formula is C11H13F2N3O4S. The van der Waals surface area contributed by atoms with Crippen LogP contribution in [0.4, 0.5) is 8.78 Å². The van der Waals surface area contributed by atoms with Crippen molar-refractivity contribution < 1.29 is 26.8 Å². The minimum absolute atomic E-state index is 0.333. The number of hydrogen-bond donors (Lipinski definition) is 3. The molecule has 0 saturated carbocycles. The largest absolute Gasteiger partial charge is 0.346 e. The second-order valence-electron chi connectivity index (χ2n) is 4.26. The van der Waals surface area contributed by atoms with E-state index in [1.54, 1.807) is 19.3 Å². The number of halogens is 2. The SMILES string of the molecule is CC(C)NC(=O)C(=O)NNS(=O)(=O)c1cc(F)ccc1F. The van der Waals surface area contributed by atoms with Crippen molar-refractivity contribution in [3.63, 3.8) is 0 Å². The lowest BCUT2D eigenvalue weighted by atomic mass is 10.3. The van der Waals surface area contributed by atoms with Crippen molar-refractivity contribution in [1.82, 2.24) is 15.6 Å². The highest BCUT2D eigenvalue weighted by atomic mass is 32.2. The molecule has 1 aromatic rings. The van der Waals surface area contributed by atoms with Gasteiger partial charge in [-0.25, -0.2) is 17.2 Å². The van der Waals surface area contributed by atoms with Crippen LogP contribution in [0.1, 0.15) is 13.8 Å². The molecule has 1 aromatic carbocycles. The van der Waals surface area contributed by atoms with E-state index in [-0.39, 0.29) is 6.04 Å². The lowest BCUT2D eigenvalue weighted by Crippen LogP contribution is -2.49. The van der Waals surface area contributed by atoms with E-state index in [1.807, 2.05) is 0 Å². The number of rotatable bonds is 4. The summed E-state index contributed by atoms with van der Waals surface area (Å²) in [6.07, 6.45) is 0. The van der Waals surface area contributed by atoms with Crippen LogP contribution in [-0.2, 0) is 19.6 Å². The lowest BCUT2D eigenvalue weighted by molar-refractivity contribution is -0.139. The smallest absolute Gasteiger partial charge is 0.324 e. The summed E-state index contributed by atoms with van der Waals surface area (Å²) in [5.41, 5.74) is 1.60. The number of sulfonamides is 1. The van der Waals surface area contributed by atoms with Gasteiger partial charge in [0, 0.05) is 6.04 Å². The monoisotopic (exact) mass is 321 g/mol. The van der Waals surface area contributed by atoms with E-state index in [0.717, 1.165) is 6.07 Å². The lowest BCUT2D eigenvalue weighted by Gasteiger charge is -2.10. The maximum atomic E-state index is 13.3. The van der Waals surface area contributed by atoms with Gasteiger partial charge in [-0.2, -0.15) is 0 Å². The Balaban J connectivity index is 2.80. The molecule has 1 rings (SSSR count). The van der Waals surface area contributed by atoms with Crippen LogP contribution in [0.25, 0.3) is 0 Å². The topological polar surface area (TPSA) is 104 Å². The van der Waals surface area contributed by atoms with Crippen LogP contribution < -0.4 is 15.6 Å². The average molecular weight is 321 g/mol. The first-order valence-electron chi connectivity index (χ1n) is 5.71. The first-order chi connectivity index (χ1) is 9.63. The van der Waals surface area contributed by atoms with Gasteiger partial charge in [-0.15, -0.1) is 4.83 Å². The molecule has 21 heavy (non-hydrogen) atoms. The minimum Gasteiger partial charge on any atom is -0.346 e. The van der Waals surface area contributed by atoms with Crippen LogP contribution >= 0.6 is 0 Å². The first-order valence-corrected chi connectivity index (χ1v) is 7.19. The maximum absolute atomic E-state index is 13.3. The van der Waals surface area contributed by atoms with E-state index < -0.39 is 38.4 Å². The Labute approximate surface area is 119 Å². The third kappa shape index (κ3) is 4.76. The van der Waals surface area contributed by atoms with Crippen molar-refractivity contribution in [2.75, 3.05) is 0 Å². The van der Waals surface area contributed by atoms with Gasteiger partial charge >= 0.3 is 11.8 Å². The Kier molecular flexibility index (Phi) is 5.33. The van der Waals surface area contributed by atoms with Crippen LogP contribution in [0, 0.1) is 11.6 Å². The van der Waals surface area contributed by atoms with Crippen molar-refractivity contribution in [1.29, 1.82) is 0 Å². The Morgan fingerprint density at radius 3 is 2.33 bits per heavy atom. The first kappa shape index (κ1) is 17.0. The fourth-order valence-electron chi connectivity index (χ4n) is 1.24. The normalized spacial score (nSPS) is 11.3. The van der Waals surface area contributed by atoms with E-state index in [1.165, 1.54) is 4.83 Å². The van der Waals surface area contributed by atoms with Crippen molar-refractivity contribution in [2.24, 2.45) is 0 Å². The molecule has 0 aliphatic heterocycles. The molecule has 2 amide bonds. The van der Waals surface area contributed by atoms with E-state index in [4.69, 9.17) is 0 Å². The zero-order valence-corrected chi connectivity index (χ0v) is 11.9. The molecule has 0 aliphatic carbocycles. The predicted octanol–water partition coefficient (Wildman–Crippen LogP) is -0.201. The van der Waals surface area contributed by atoms with Crippen molar-refractivity contribution in [3.8, 4) is 0 Å². The van der Waals surface area contributed by atoms with Gasteiger partial charge in [0.25, 0.3) is 10.0 Å². The fourth-order valence-corrected chi connectivity index (χ4v) is 2.17. The van der Waals surface area contributed by atoms with Crippen molar-refractivity contribution >= 4 is 21.8 Å². The van der Waals surface area contributed by atoms with Gasteiger partial charge in [-0.05, 0) is 32.0 Å². The molecule has 0 unspecified atom stereocenters. The molecular weight excluding hydrogens is 308 g/mol. The van der Waals surface area contributed by atoms with Crippen LogP contribution in [0.5, 0.6) is 0 Å². The number of amides is 2. The van der Waals surface area contributed by atoms with E-state index in [9.17, 15) is 26.8 Å². The van der Waals surface area contributed by atoms with Gasteiger partial charge in [0.1, 0.15) is 16.5 Å². The Morgan fingerprint density at radius 2 is 1.76 bits per heavy atom. The summed E-state index contributed by atoms with van der Waals surface area (Å²) >= 11 is 0. The Hall–Kier alpha value is -2.07. The Morgan fingerprint density at radius 1 is 1.14 bits per heavy atom. The second-order valence-corrected chi connectivity index (χ2v) is 5.91. The van der Waals surface area contributed by atoms with Crippen molar-refractivity contribution in [3.05, 3.63) is 29.8 Å². The molecule has 0 aromatic heterocycles. The molecule has 7 nitrogen and oxygen atoms in total. The van der Waals surface area contributed by atoms with Gasteiger partial charge in [-0.1, -0.05) is 0 Å². The summed E-state index contributed by atoms with van der Waals surface area (Å²) in [6, 6.07) is 1.47. The average Bonchev–Trinajstić information content (AvgIpc) is 2.38. The van der Waals surface area contributed by atoms with Gasteiger partial charge in [0.05, 0.1) is 0 Å². The zero-order valence-electron chi connectivity index (χ0n) is 11.1. The van der Waals surface area contributed by atoms with Gasteiger partial charge < -0.3 is 5.32 Å². The third-order valence-electron chi connectivity index (χ3n) is 2.11. The summed E-state index contributed by atoms with van der Waals surface area (Å²) in [4.78, 5) is 23.0. The number of carbonyl (C=O) groups is 2. The van der Waals surface area contributed by atoms with Crippen LogP contribution in [-0.4, -0.2) is 26.3 Å². The molecule has 10 heteroatoms. The van der Waals surface area contributed by atoms with Crippen molar-refractivity contribution in [2.45, 2.75) is 24.8 Å². The number of benzene rings is 1. The molecule has 0 saturated heterocycles. The molecule has 0 bridgehead atoms. The highest BCUT2D eigenvalue weighted by Gasteiger charge is 2.22. The second kappa shape index (κ2) is 6.59. The van der Waals surface area contributed by atoms with Crippen LogP contribution in [0.3, 0.4) is 0 Å². The molecule has 0 atom stereocenters. The molecule has 0 radical (unpaired) electrons. The van der Waals surface area contributed by atoms with E-state index in [2.05, 4.69) is 5.32 Å². The molecule has 0 aliphatic rings. The van der Waals surface area contributed by atoms with Gasteiger partial charge in [0.15, 0.2) is 0 Å². The number of hydrogen-bond acceptors (Lipinski definition) is 4. The summed E-state index contributed by atoms with van der Waals surface area (Å²) in [5, 5.41) is 2.22. The highest BCUT2D eigenvalue weighted by molar-refractivity contribution is 7.89. The molecule has 0 heterocycles. The maximum Gasteiger partial charge on any atom is 0.324 e. The summed E-state index contributed by atoms with van der Waals surface area (Å²) in [7, 11) is -4.55. The number of nitrogens with one attached hydrogen (secondary N) is 3. The van der Waals surface area contributed by atoms with E-state index in [0.29, 0.717) is 12.1 Å². The Bertz CT molecular complexity index is 661. The van der Waals surface area contributed by atoms with Crippen LogP contribution in [0.15, 0.2) is 23.1 Å². The number of carbonyl (C=O) groups excluding carboxylic acids is 2. The molecule has 3 N–H and O–H groups in total. The predicted molar refractivity (Wildman–Crippen MR) is 68.1 cm³/mol. The summed E-state index contributed by atoms with van der Waals surface area (Å²) < 4.78 is 49.7. The molecule has 116 valence electrons. The fraction of sp³-hybridized carbons (Fsp3) is 0.273. The standard InChI is InChI=1S/C11H13F2N3O4S/c1-6(2)14-10(17)11(18)15-16-21(19,20)9-5-7(12)3-4-8(9)13/h3-6,16H,1-2H3,(H,14,17)(H,15,18). The van der Waals surface area contributed by atoms with Gasteiger partial charge in [-0.3, -0.25) is 15.0 Å². The quantitative estimate of drug-likeness (QED) is 0.527. The summed E-state index contributed by atoms with van der Waals surface area (Å²) in [6.45, 7) is 3.19.